The summed E-state index contributed by atoms with van der Waals surface area (Å²) in [5, 5.41) is 26.5. The molecule has 1 atom stereocenters. The zero-order valence-corrected chi connectivity index (χ0v) is 13.5. The molecule has 0 aliphatic heterocycles. The van der Waals surface area contributed by atoms with Crippen molar-refractivity contribution in [3.05, 3.63) is 52.3 Å². The van der Waals surface area contributed by atoms with Gasteiger partial charge in [-0.2, -0.15) is 5.10 Å². The number of nitrogens with one attached hydrogen (secondary N) is 1. The first-order chi connectivity index (χ1) is 11.8. The quantitative estimate of drug-likeness (QED) is 0.562. The number of carboxylic acids is 1. The van der Waals surface area contributed by atoms with Crippen molar-refractivity contribution < 1.29 is 24.4 Å². The maximum atomic E-state index is 12.2. The van der Waals surface area contributed by atoms with Crippen molar-refractivity contribution in [3.63, 3.8) is 0 Å². The first kappa shape index (κ1) is 18.1. The molecule has 1 amide bonds. The van der Waals surface area contributed by atoms with Crippen molar-refractivity contribution in [2.24, 2.45) is 0 Å². The van der Waals surface area contributed by atoms with Crippen molar-refractivity contribution in [1.82, 2.24) is 15.1 Å². The highest BCUT2D eigenvalue weighted by molar-refractivity contribution is 5.96. The van der Waals surface area contributed by atoms with Gasteiger partial charge in [0.1, 0.15) is 0 Å². The van der Waals surface area contributed by atoms with Crippen LogP contribution in [-0.2, 0) is 9.53 Å². The van der Waals surface area contributed by atoms with E-state index in [1.165, 1.54) is 49.2 Å². The Morgan fingerprint density at radius 2 is 2.16 bits per heavy atom. The van der Waals surface area contributed by atoms with Crippen LogP contribution in [0.4, 0.5) is 5.69 Å². The van der Waals surface area contributed by atoms with Crippen LogP contribution in [0.15, 0.2) is 36.5 Å². The van der Waals surface area contributed by atoms with Gasteiger partial charge in [0.05, 0.1) is 17.2 Å². The van der Waals surface area contributed by atoms with E-state index in [9.17, 15) is 24.8 Å². The Labute approximate surface area is 142 Å². The first-order valence-electron chi connectivity index (χ1n) is 7.12. The van der Waals surface area contributed by atoms with E-state index in [4.69, 9.17) is 4.74 Å². The molecule has 10 nitrogen and oxygen atoms in total. The van der Waals surface area contributed by atoms with Crippen LogP contribution >= 0.6 is 0 Å². The Balaban J connectivity index is 2.23. The standard InChI is InChI=1S/C15H16N4O6/c1-15(9-25-2,14(21)22)16-13(20)12-6-7-18(17-12)10-4-3-5-11(8-10)19(23)24/h3-8H,9H2,1-2H3,(H,16,20)(H,21,22). The van der Waals surface area contributed by atoms with Crippen LogP contribution in [0.5, 0.6) is 0 Å². The average Bonchev–Trinajstić information content (AvgIpc) is 3.05. The molecule has 0 aliphatic carbocycles. The van der Waals surface area contributed by atoms with Gasteiger partial charge in [-0.1, -0.05) is 6.07 Å². The summed E-state index contributed by atoms with van der Waals surface area (Å²) in [5.74, 6) is -1.95. The molecule has 0 fully saturated rings. The molecule has 1 heterocycles. The summed E-state index contributed by atoms with van der Waals surface area (Å²) in [6.07, 6.45) is 1.45. The fourth-order valence-corrected chi connectivity index (χ4v) is 2.09. The normalized spacial score (nSPS) is 13.0. The molecule has 0 radical (unpaired) electrons. The van der Waals surface area contributed by atoms with E-state index < -0.39 is 22.3 Å². The van der Waals surface area contributed by atoms with E-state index in [0.717, 1.165) is 0 Å². The third kappa shape index (κ3) is 3.98. The topological polar surface area (TPSA) is 137 Å². The smallest absolute Gasteiger partial charge is 0.331 e. The zero-order valence-electron chi connectivity index (χ0n) is 13.5. The molecule has 2 rings (SSSR count). The summed E-state index contributed by atoms with van der Waals surface area (Å²) >= 11 is 0. The number of amides is 1. The summed E-state index contributed by atoms with van der Waals surface area (Å²) in [6, 6.07) is 7.11. The lowest BCUT2D eigenvalue weighted by atomic mass is 10.0. The van der Waals surface area contributed by atoms with Gasteiger partial charge in [0, 0.05) is 25.4 Å². The number of non-ortho nitro benzene ring substituents is 1. The molecule has 1 aromatic carbocycles. The molecule has 0 saturated heterocycles. The average molecular weight is 348 g/mol. The third-order valence-electron chi connectivity index (χ3n) is 3.42. The number of nitro groups is 1. The Morgan fingerprint density at radius 3 is 2.76 bits per heavy atom. The van der Waals surface area contributed by atoms with Gasteiger partial charge in [0.2, 0.25) is 0 Å². The second-order valence-electron chi connectivity index (χ2n) is 5.45. The molecule has 25 heavy (non-hydrogen) atoms. The first-order valence-corrected chi connectivity index (χ1v) is 7.12. The number of carboxylic acid groups (broad SMARTS) is 1. The van der Waals surface area contributed by atoms with Crippen LogP contribution in [0, 0.1) is 10.1 Å². The van der Waals surface area contributed by atoms with E-state index in [-0.39, 0.29) is 18.0 Å². The van der Waals surface area contributed by atoms with Crippen molar-refractivity contribution >= 4 is 17.6 Å². The highest BCUT2D eigenvalue weighted by Gasteiger charge is 2.35. The number of aliphatic carboxylic acids is 1. The maximum Gasteiger partial charge on any atom is 0.331 e. The number of carbonyl (C=O) groups excluding carboxylic acids is 1. The number of benzene rings is 1. The lowest BCUT2D eigenvalue weighted by Crippen LogP contribution is -2.55. The van der Waals surface area contributed by atoms with Crippen molar-refractivity contribution in [2.45, 2.75) is 12.5 Å². The predicted octanol–water partition coefficient (Wildman–Crippen LogP) is 1.00. The monoisotopic (exact) mass is 348 g/mol. The van der Waals surface area contributed by atoms with E-state index >= 15 is 0 Å². The molecule has 132 valence electrons. The summed E-state index contributed by atoms with van der Waals surface area (Å²) in [6.45, 7) is 1.09. The van der Waals surface area contributed by atoms with E-state index in [0.29, 0.717) is 5.69 Å². The maximum absolute atomic E-state index is 12.2. The molecule has 0 saturated carbocycles. The van der Waals surface area contributed by atoms with Crippen LogP contribution in [0.2, 0.25) is 0 Å². The van der Waals surface area contributed by atoms with Crippen molar-refractivity contribution in [1.29, 1.82) is 0 Å². The van der Waals surface area contributed by atoms with Crippen LogP contribution in [0.25, 0.3) is 5.69 Å². The Kier molecular flexibility index (Phi) is 5.13. The molecule has 2 N–H and O–H groups in total. The van der Waals surface area contributed by atoms with Crippen LogP contribution in [0.3, 0.4) is 0 Å². The summed E-state index contributed by atoms with van der Waals surface area (Å²) < 4.78 is 6.12. The van der Waals surface area contributed by atoms with E-state index in [2.05, 4.69) is 10.4 Å². The molecule has 0 bridgehead atoms. The van der Waals surface area contributed by atoms with Gasteiger partial charge in [-0.3, -0.25) is 14.9 Å². The van der Waals surface area contributed by atoms with Crippen LogP contribution < -0.4 is 5.32 Å². The number of rotatable bonds is 7. The largest absolute Gasteiger partial charge is 0.479 e. The van der Waals surface area contributed by atoms with E-state index in [1.54, 1.807) is 6.07 Å². The number of hydrogen-bond donors (Lipinski definition) is 2. The minimum Gasteiger partial charge on any atom is -0.479 e. The fraction of sp³-hybridized carbons (Fsp3) is 0.267. The number of aromatic nitrogens is 2. The predicted molar refractivity (Wildman–Crippen MR) is 85.6 cm³/mol. The highest BCUT2D eigenvalue weighted by atomic mass is 16.6. The third-order valence-corrected chi connectivity index (χ3v) is 3.42. The highest BCUT2D eigenvalue weighted by Crippen LogP contribution is 2.16. The molecular formula is C15H16N4O6. The minimum atomic E-state index is -1.61. The summed E-state index contributed by atoms with van der Waals surface area (Å²) in [5.41, 5.74) is -1.36. The minimum absolute atomic E-state index is 0.0323. The van der Waals surface area contributed by atoms with Gasteiger partial charge in [-0.05, 0) is 19.1 Å². The Bertz CT molecular complexity index is 818. The molecule has 10 heteroatoms. The van der Waals surface area contributed by atoms with Gasteiger partial charge < -0.3 is 15.2 Å². The fourth-order valence-electron chi connectivity index (χ4n) is 2.09. The van der Waals surface area contributed by atoms with Gasteiger partial charge in [-0.25, -0.2) is 9.48 Å². The zero-order chi connectivity index (χ0) is 18.6. The molecular weight excluding hydrogens is 332 g/mol. The second-order valence-corrected chi connectivity index (χ2v) is 5.45. The molecule has 1 aromatic heterocycles. The van der Waals surface area contributed by atoms with E-state index in [1.807, 2.05) is 0 Å². The number of carbonyl (C=O) groups is 2. The van der Waals surface area contributed by atoms with Gasteiger partial charge in [0.15, 0.2) is 11.2 Å². The van der Waals surface area contributed by atoms with Crippen LogP contribution in [-0.4, -0.2) is 50.9 Å². The second kappa shape index (κ2) is 7.09. The number of ether oxygens (including phenoxy) is 1. The van der Waals surface area contributed by atoms with Crippen molar-refractivity contribution in [3.8, 4) is 5.69 Å². The van der Waals surface area contributed by atoms with Crippen molar-refractivity contribution in [2.75, 3.05) is 13.7 Å². The molecule has 2 aromatic rings. The summed E-state index contributed by atoms with van der Waals surface area (Å²) in [7, 11) is 1.32. The Morgan fingerprint density at radius 1 is 1.44 bits per heavy atom. The lowest BCUT2D eigenvalue weighted by Gasteiger charge is -2.24. The molecule has 1 unspecified atom stereocenters. The van der Waals surface area contributed by atoms with Crippen LogP contribution in [0.1, 0.15) is 17.4 Å². The SMILES string of the molecule is COCC(C)(NC(=O)c1ccn(-c2cccc([N+](=O)[O-])c2)n1)C(=O)O. The number of nitrogens with zero attached hydrogens (tertiary/aromatic N) is 3. The Hall–Kier alpha value is -3.27. The summed E-state index contributed by atoms with van der Waals surface area (Å²) in [4.78, 5) is 33.9. The lowest BCUT2D eigenvalue weighted by molar-refractivity contribution is -0.384. The number of nitro benzene ring substituents is 1. The van der Waals surface area contributed by atoms with Gasteiger partial charge in [0.25, 0.3) is 11.6 Å². The molecule has 0 aliphatic rings. The number of hydrogen-bond acceptors (Lipinski definition) is 6. The van der Waals surface area contributed by atoms with Gasteiger partial charge >= 0.3 is 5.97 Å². The molecule has 0 spiro atoms. The van der Waals surface area contributed by atoms with Gasteiger partial charge in [-0.15, -0.1) is 0 Å². The number of methoxy groups -OCH3 is 1.